The standard InChI is InChI=1S/C9H19N5O/c1-3-7(4-2)8(9(10)15)12-5-6-13-14-11/h7-8,12H,3-6H2,1-2H3,(H2,10,15). The lowest BCUT2D eigenvalue weighted by Gasteiger charge is -2.23. The number of hydrogen-bond acceptors (Lipinski definition) is 3. The molecule has 0 fully saturated rings. The largest absolute Gasteiger partial charge is 0.368 e. The van der Waals surface area contributed by atoms with Gasteiger partial charge >= 0.3 is 0 Å². The van der Waals surface area contributed by atoms with Crippen LogP contribution in [0.3, 0.4) is 0 Å². The highest BCUT2D eigenvalue weighted by atomic mass is 16.1. The molecule has 0 spiro atoms. The van der Waals surface area contributed by atoms with E-state index in [-0.39, 0.29) is 17.9 Å². The van der Waals surface area contributed by atoms with Crippen molar-refractivity contribution >= 4 is 5.91 Å². The van der Waals surface area contributed by atoms with E-state index in [1.54, 1.807) is 0 Å². The molecule has 6 heteroatoms. The average molecular weight is 213 g/mol. The number of carbonyl (C=O) groups excluding carboxylic acids is 1. The molecular weight excluding hydrogens is 194 g/mol. The Bertz CT molecular complexity index is 233. The first-order valence-corrected chi connectivity index (χ1v) is 5.20. The van der Waals surface area contributed by atoms with E-state index in [4.69, 9.17) is 11.3 Å². The van der Waals surface area contributed by atoms with Crippen LogP contribution in [0.4, 0.5) is 0 Å². The van der Waals surface area contributed by atoms with Gasteiger partial charge in [-0.1, -0.05) is 31.8 Å². The van der Waals surface area contributed by atoms with Crippen molar-refractivity contribution in [3.63, 3.8) is 0 Å². The molecular formula is C9H19N5O. The van der Waals surface area contributed by atoms with Crippen molar-refractivity contribution in [3.05, 3.63) is 10.4 Å². The van der Waals surface area contributed by atoms with Gasteiger partial charge in [-0.05, 0) is 11.4 Å². The van der Waals surface area contributed by atoms with Crippen molar-refractivity contribution in [2.75, 3.05) is 13.1 Å². The van der Waals surface area contributed by atoms with Gasteiger partial charge in [-0.15, -0.1) is 0 Å². The number of carbonyl (C=O) groups is 1. The predicted octanol–water partition coefficient (Wildman–Crippen LogP) is 1.18. The number of amides is 1. The molecule has 0 heterocycles. The molecule has 15 heavy (non-hydrogen) atoms. The molecule has 0 radical (unpaired) electrons. The maximum atomic E-state index is 11.2. The Morgan fingerprint density at radius 3 is 2.53 bits per heavy atom. The Labute approximate surface area is 89.8 Å². The van der Waals surface area contributed by atoms with Crippen LogP contribution in [0.1, 0.15) is 26.7 Å². The lowest BCUT2D eigenvalue weighted by atomic mass is 9.93. The van der Waals surface area contributed by atoms with Crippen LogP contribution < -0.4 is 11.1 Å². The van der Waals surface area contributed by atoms with E-state index in [9.17, 15) is 4.79 Å². The van der Waals surface area contributed by atoms with Gasteiger partial charge < -0.3 is 11.1 Å². The lowest BCUT2D eigenvalue weighted by Crippen LogP contribution is -2.47. The fraction of sp³-hybridized carbons (Fsp3) is 0.889. The third-order valence-electron chi connectivity index (χ3n) is 2.47. The summed E-state index contributed by atoms with van der Waals surface area (Å²) in [7, 11) is 0. The lowest BCUT2D eigenvalue weighted by molar-refractivity contribution is -0.121. The normalized spacial score (nSPS) is 12.2. The van der Waals surface area contributed by atoms with Crippen LogP contribution >= 0.6 is 0 Å². The van der Waals surface area contributed by atoms with Crippen LogP contribution in [-0.4, -0.2) is 25.0 Å². The molecule has 0 saturated carbocycles. The van der Waals surface area contributed by atoms with Crippen LogP contribution in [0.5, 0.6) is 0 Å². The van der Waals surface area contributed by atoms with Gasteiger partial charge in [-0.2, -0.15) is 0 Å². The average Bonchev–Trinajstić information content (AvgIpc) is 2.22. The summed E-state index contributed by atoms with van der Waals surface area (Å²) in [5.41, 5.74) is 13.4. The van der Waals surface area contributed by atoms with Gasteiger partial charge in [0.1, 0.15) is 0 Å². The molecule has 6 nitrogen and oxygen atoms in total. The monoisotopic (exact) mass is 213 g/mol. The Kier molecular flexibility index (Phi) is 7.40. The van der Waals surface area contributed by atoms with E-state index < -0.39 is 0 Å². The molecule has 0 aromatic rings. The highest BCUT2D eigenvalue weighted by molar-refractivity contribution is 5.80. The molecule has 0 aromatic heterocycles. The second-order valence-corrected chi connectivity index (χ2v) is 3.37. The van der Waals surface area contributed by atoms with E-state index in [0.29, 0.717) is 13.1 Å². The molecule has 0 aromatic carbocycles. The molecule has 0 aliphatic rings. The maximum absolute atomic E-state index is 11.2. The fourth-order valence-corrected chi connectivity index (χ4v) is 1.57. The first-order chi connectivity index (χ1) is 7.17. The van der Waals surface area contributed by atoms with E-state index >= 15 is 0 Å². The first kappa shape index (κ1) is 13.7. The van der Waals surface area contributed by atoms with E-state index in [1.165, 1.54) is 0 Å². The highest BCUT2D eigenvalue weighted by Crippen LogP contribution is 2.12. The molecule has 1 amide bonds. The summed E-state index contributed by atoms with van der Waals surface area (Å²) >= 11 is 0. The molecule has 3 N–H and O–H groups in total. The quantitative estimate of drug-likeness (QED) is 0.273. The van der Waals surface area contributed by atoms with Crippen LogP contribution in [0, 0.1) is 5.92 Å². The van der Waals surface area contributed by atoms with Crippen molar-refractivity contribution in [1.29, 1.82) is 0 Å². The Morgan fingerprint density at radius 1 is 1.53 bits per heavy atom. The molecule has 1 unspecified atom stereocenters. The highest BCUT2D eigenvalue weighted by Gasteiger charge is 2.22. The summed E-state index contributed by atoms with van der Waals surface area (Å²) in [6.45, 7) is 4.87. The number of nitrogens with zero attached hydrogens (tertiary/aromatic N) is 3. The number of hydrogen-bond donors (Lipinski definition) is 2. The minimum Gasteiger partial charge on any atom is -0.368 e. The number of primary amides is 1. The minimum absolute atomic E-state index is 0.244. The summed E-state index contributed by atoms with van der Waals surface area (Å²) < 4.78 is 0. The van der Waals surface area contributed by atoms with Gasteiger partial charge in [-0.25, -0.2) is 0 Å². The molecule has 0 saturated heterocycles. The summed E-state index contributed by atoms with van der Waals surface area (Å²) in [4.78, 5) is 13.8. The van der Waals surface area contributed by atoms with E-state index in [0.717, 1.165) is 12.8 Å². The number of nitrogens with one attached hydrogen (secondary N) is 1. The van der Waals surface area contributed by atoms with Crippen LogP contribution in [0.25, 0.3) is 10.4 Å². The van der Waals surface area contributed by atoms with Crippen molar-refractivity contribution in [2.45, 2.75) is 32.7 Å². The van der Waals surface area contributed by atoms with E-state index in [1.807, 2.05) is 13.8 Å². The number of nitrogens with two attached hydrogens (primary N) is 1. The van der Waals surface area contributed by atoms with E-state index in [2.05, 4.69) is 15.3 Å². The first-order valence-electron chi connectivity index (χ1n) is 5.20. The molecule has 1 atom stereocenters. The second-order valence-electron chi connectivity index (χ2n) is 3.37. The summed E-state index contributed by atoms with van der Waals surface area (Å²) in [5, 5.41) is 6.40. The summed E-state index contributed by atoms with van der Waals surface area (Å²) in [6, 6.07) is -0.325. The zero-order valence-corrected chi connectivity index (χ0v) is 9.31. The zero-order valence-electron chi connectivity index (χ0n) is 9.31. The smallest absolute Gasteiger partial charge is 0.234 e. The molecule has 0 bridgehead atoms. The van der Waals surface area contributed by atoms with Gasteiger partial charge in [0, 0.05) is 18.0 Å². The fourth-order valence-electron chi connectivity index (χ4n) is 1.57. The topological polar surface area (TPSA) is 104 Å². The molecule has 0 aliphatic heterocycles. The van der Waals surface area contributed by atoms with Crippen molar-refractivity contribution in [2.24, 2.45) is 16.8 Å². The number of azide groups is 1. The SMILES string of the molecule is CCC(CC)C(NCCN=[N+]=[N-])C(N)=O. The Balaban J connectivity index is 4.14. The Hall–Kier alpha value is -1.26. The van der Waals surface area contributed by atoms with Crippen LogP contribution in [0.15, 0.2) is 5.11 Å². The second kappa shape index (κ2) is 8.08. The van der Waals surface area contributed by atoms with Crippen molar-refractivity contribution in [3.8, 4) is 0 Å². The van der Waals surface area contributed by atoms with Gasteiger partial charge in [0.25, 0.3) is 0 Å². The minimum atomic E-state index is -0.343. The van der Waals surface area contributed by atoms with Crippen LogP contribution in [0.2, 0.25) is 0 Å². The third-order valence-corrected chi connectivity index (χ3v) is 2.47. The molecule has 0 aliphatic carbocycles. The van der Waals surface area contributed by atoms with Crippen LogP contribution in [-0.2, 0) is 4.79 Å². The van der Waals surface area contributed by atoms with Gasteiger partial charge in [-0.3, -0.25) is 4.79 Å². The summed E-state index contributed by atoms with van der Waals surface area (Å²) in [6.07, 6.45) is 1.80. The van der Waals surface area contributed by atoms with Gasteiger partial charge in [0.05, 0.1) is 6.04 Å². The predicted molar refractivity (Wildman–Crippen MR) is 59.1 cm³/mol. The molecule has 0 rings (SSSR count). The number of rotatable bonds is 8. The van der Waals surface area contributed by atoms with Crippen molar-refractivity contribution in [1.82, 2.24) is 5.32 Å². The van der Waals surface area contributed by atoms with Gasteiger partial charge in [0.2, 0.25) is 5.91 Å². The third kappa shape index (κ3) is 5.24. The zero-order chi connectivity index (χ0) is 11.7. The van der Waals surface area contributed by atoms with Gasteiger partial charge in [0.15, 0.2) is 0 Å². The Morgan fingerprint density at radius 2 is 2.13 bits per heavy atom. The molecule has 86 valence electrons. The maximum Gasteiger partial charge on any atom is 0.234 e. The summed E-state index contributed by atoms with van der Waals surface area (Å²) in [5.74, 6) is -0.0989. The van der Waals surface area contributed by atoms with Crippen molar-refractivity contribution < 1.29 is 4.79 Å².